The van der Waals surface area contributed by atoms with Gasteiger partial charge in [0, 0.05) is 13.7 Å². The molecule has 18 heavy (non-hydrogen) atoms. The van der Waals surface area contributed by atoms with Crippen molar-refractivity contribution in [3.63, 3.8) is 0 Å². The summed E-state index contributed by atoms with van der Waals surface area (Å²) in [5.41, 5.74) is 1.36. The third kappa shape index (κ3) is 3.23. The molecular formula is C13H22N4O. The largest absolute Gasteiger partial charge is 0.380 e. The Morgan fingerprint density at radius 1 is 1.50 bits per heavy atom. The first-order valence-electron chi connectivity index (χ1n) is 6.29. The van der Waals surface area contributed by atoms with Gasteiger partial charge in [-0.2, -0.15) is 10.4 Å². The highest BCUT2D eigenvalue weighted by Gasteiger charge is 2.19. The highest BCUT2D eigenvalue weighted by molar-refractivity contribution is 5.55. The summed E-state index contributed by atoms with van der Waals surface area (Å²) in [6, 6.07) is 2.37. The van der Waals surface area contributed by atoms with E-state index >= 15 is 0 Å². The molecule has 1 N–H and O–H groups in total. The van der Waals surface area contributed by atoms with E-state index < -0.39 is 0 Å². The number of ether oxygens (including phenoxy) is 1. The van der Waals surface area contributed by atoms with Crippen molar-refractivity contribution in [3.05, 3.63) is 11.3 Å². The minimum atomic E-state index is 0.173. The van der Waals surface area contributed by atoms with Crippen molar-refractivity contribution in [1.29, 1.82) is 5.26 Å². The smallest absolute Gasteiger partial charge is 0.142 e. The van der Waals surface area contributed by atoms with E-state index in [2.05, 4.69) is 30.3 Å². The van der Waals surface area contributed by atoms with E-state index in [9.17, 15) is 0 Å². The second-order valence-corrected chi connectivity index (χ2v) is 4.70. The molecule has 1 aromatic rings. The summed E-state index contributed by atoms with van der Waals surface area (Å²) in [5, 5.41) is 16.8. The summed E-state index contributed by atoms with van der Waals surface area (Å²) in [4.78, 5) is 0. The summed E-state index contributed by atoms with van der Waals surface area (Å²) in [6.45, 7) is 9.41. The Kier molecular flexibility index (Phi) is 5.17. The lowest BCUT2D eigenvalue weighted by Gasteiger charge is -2.23. The fraction of sp³-hybridized carbons (Fsp3) is 0.692. The van der Waals surface area contributed by atoms with Crippen LogP contribution in [0.1, 0.15) is 32.0 Å². The Labute approximate surface area is 109 Å². The molecule has 100 valence electrons. The molecule has 0 saturated carbocycles. The molecule has 1 unspecified atom stereocenters. The maximum atomic E-state index is 9.17. The minimum Gasteiger partial charge on any atom is -0.380 e. The molecule has 0 aliphatic heterocycles. The van der Waals surface area contributed by atoms with E-state index in [1.54, 1.807) is 4.68 Å². The molecule has 0 aliphatic carbocycles. The predicted octanol–water partition coefficient (Wildman–Crippen LogP) is 2.07. The van der Waals surface area contributed by atoms with Crippen molar-refractivity contribution in [2.45, 2.75) is 33.7 Å². The summed E-state index contributed by atoms with van der Waals surface area (Å²) >= 11 is 0. The molecule has 0 spiro atoms. The number of rotatable bonds is 6. The number of aryl methyl sites for hydroxylation is 2. The SMILES string of the molecule is CCOCC(Nc1c(C#N)c(C)nn1C)C(C)C. The third-order valence-electron chi connectivity index (χ3n) is 2.96. The van der Waals surface area contributed by atoms with Gasteiger partial charge in [-0.1, -0.05) is 13.8 Å². The van der Waals surface area contributed by atoms with E-state index in [0.29, 0.717) is 24.7 Å². The van der Waals surface area contributed by atoms with Crippen molar-refractivity contribution in [2.75, 3.05) is 18.5 Å². The van der Waals surface area contributed by atoms with Crippen molar-refractivity contribution in [1.82, 2.24) is 9.78 Å². The first-order valence-corrected chi connectivity index (χ1v) is 6.29. The van der Waals surface area contributed by atoms with Gasteiger partial charge in [-0.25, -0.2) is 0 Å². The molecule has 5 nitrogen and oxygen atoms in total. The second kappa shape index (κ2) is 6.41. The highest BCUT2D eigenvalue weighted by atomic mass is 16.5. The zero-order valence-electron chi connectivity index (χ0n) is 11.8. The van der Waals surface area contributed by atoms with Crippen LogP contribution in [-0.4, -0.2) is 29.0 Å². The molecular weight excluding hydrogens is 228 g/mol. The normalized spacial score (nSPS) is 12.5. The van der Waals surface area contributed by atoms with Crippen LogP contribution in [0.3, 0.4) is 0 Å². The van der Waals surface area contributed by atoms with Gasteiger partial charge in [0.15, 0.2) is 0 Å². The predicted molar refractivity (Wildman–Crippen MR) is 71.4 cm³/mol. The number of nitrogens with one attached hydrogen (secondary N) is 1. The molecule has 0 amide bonds. The van der Waals surface area contributed by atoms with Gasteiger partial charge in [-0.15, -0.1) is 0 Å². The zero-order valence-corrected chi connectivity index (χ0v) is 11.8. The van der Waals surface area contributed by atoms with Gasteiger partial charge in [0.05, 0.1) is 18.3 Å². The van der Waals surface area contributed by atoms with Crippen LogP contribution in [0.5, 0.6) is 0 Å². The van der Waals surface area contributed by atoms with Crippen LogP contribution in [0.2, 0.25) is 0 Å². The number of anilines is 1. The van der Waals surface area contributed by atoms with E-state index in [0.717, 1.165) is 11.5 Å². The number of aromatic nitrogens is 2. The Hall–Kier alpha value is -1.54. The van der Waals surface area contributed by atoms with Crippen molar-refractivity contribution < 1.29 is 4.74 Å². The van der Waals surface area contributed by atoms with E-state index in [1.807, 2.05) is 20.9 Å². The van der Waals surface area contributed by atoms with Crippen molar-refractivity contribution in [3.8, 4) is 6.07 Å². The summed E-state index contributed by atoms with van der Waals surface area (Å²) in [7, 11) is 1.84. The van der Waals surface area contributed by atoms with Crippen molar-refractivity contribution in [2.24, 2.45) is 13.0 Å². The first-order chi connectivity index (χ1) is 8.51. The number of nitriles is 1. The molecule has 0 aromatic carbocycles. The highest BCUT2D eigenvalue weighted by Crippen LogP contribution is 2.20. The molecule has 1 rings (SSSR count). The van der Waals surface area contributed by atoms with Gasteiger partial charge >= 0.3 is 0 Å². The van der Waals surface area contributed by atoms with Crippen molar-refractivity contribution >= 4 is 5.82 Å². The van der Waals surface area contributed by atoms with E-state index in [1.165, 1.54) is 0 Å². The molecule has 0 bridgehead atoms. The molecule has 5 heteroatoms. The number of nitrogens with zero attached hydrogens (tertiary/aromatic N) is 3. The van der Waals surface area contributed by atoms with Gasteiger partial charge in [0.25, 0.3) is 0 Å². The van der Waals surface area contributed by atoms with Crippen LogP contribution in [0.4, 0.5) is 5.82 Å². The lowest BCUT2D eigenvalue weighted by molar-refractivity contribution is 0.126. The maximum absolute atomic E-state index is 9.17. The number of hydrogen-bond donors (Lipinski definition) is 1. The number of hydrogen-bond acceptors (Lipinski definition) is 4. The fourth-order valence-electron chi connectivity index (χ4n) is 1.78. The van der Waals surface area contributed by atoms with Crippen LogP contribution >= 0.6 is 0 Å². The average molecular weight is 250 g/mol. The molecule has 1 heterocycles. The molecule has 1 aromatic heterocycles. The Balaban J connectivity index is 2.90. The topological polar surface area (TPSA) is 62.9 Å². The van der Waals surface area contributed by atoms with Crippen LogP contribution in [0.15, 0.2) is 0 Å². The summed E-state index contributed by atoms with van der Waals surface area (Å²) < 4.78 is 7.19. The molecule has 0 fully saturated rings. The lowest BCUT2D eigenvalue weighted by Crippen LogP contribution is -2.32. The molecule has 0 saturated heterocycles. The van der Waals surface area contributed by atoms with Crippen LogP contribution in [-0.2, 0) is 11.8 Å². The fourth-order valence-corrected chi connectivity index (χ4v) is 1.78. The monoisotopic (exact) mass is 250 g/mol. The van der Waals surface area contributed by atoms with E-state index in [-0.39, 0.29) is 6.04 Å². The zero-order chi connectivity index (χ0) is 13.7. The summed E-state index contributed by atoms with van der Waals surface area (Å²) in [5.74, 6) is 1.19. The van der Waals surface area contributed by atoms with Gasteiger partial charge in [0.2, 0.25) is 0 Å². The van der Waals surface area contributed by atoms with Gasteiger partial charge in [-0.3, -0.25) is 4.68 Å². The average Bonchev–Trinajstić information content (AvgIpc) is 2.58. The maximum Gasteiger partial charge on any atom is 0.142 e. The van der Waals surface area contributed by atoms with Gasteiger partial charge < -0.3 is 10.1 Å². The Bertz CT molecular complexity index is 431. The second-order valence-electron chi connectivity index (χ2n) is 4.70. The van der Waals surface area contributed by atoms with E-state index in [4.69, 9.17) is 10.00 Å². The quantitative estimate of drug-likeness (QED) is 0.839. The molecule has 0 radical (unpaired) electrons. The standard InChI is InChI=1S/C13H22N4O/c1-6-18-8-12(9(2)3)15-13-11(7-14)10(4)16-17(13)5/h9,12,15H,6,8H2,1-5H3. The van der Waals surface area contributed by atoms with Crippen LogP contribution in [0, 0.1) is 24.2 Å². The minimum absolute atomic E-state index is 0.173. The van der Waals surface area contributed by atoms with Crippen LogP contribution in [0.25, 0.3) is 0 Å². The van der Waals surface area contributed by atoms with Gasteiger partial charge in [-0.05, 0) is 19.8 Å². The van der Waals surface area contributed by atoms with Crippen LogP contribution < -0.4 is 5.32 Å². The van der Waals surface area contributed by atoms with Gasteiger partial charge in [0.1, 0.15) is 17.5 Å². The summed E-state index contributed by atoms with van der Waals surface area (Å²) in [6.07, 6.45) is 0. The molecule has 1 atom stereocenters. The Morgan fingerprint density at radius 2 is 2.17 bits per heavy atom. The third-order valence-corrected chi connectivity index (χ3v) is 2.96. The lowest BCUT2D eigenvalue weighted by atomic mass is 10.1. The first kappa shape index (κ1) is 14.5. The Morgan fingerprint density at radius 3 is 2.67 bits per heavy atom. The molecule has 0 aliphatic rings.